The molecule has 0 spiro atoms. The van der Waals surface area contributed by atoms with Crippen LogP contribution >= 0.6 is 0 Å². The third kappa shape index (κ3) is 3.57. The van der Waals surface area contributed by atoms with Crippen LogP contribution in [0.3, 0.4) is 0 Å². The Balaban J connectivity index is 1.29. The number of nitrogens with zero attached hydrogens (tertiary/aromatic N) is 2. The van der Waals surface area contributed by atoms with Gasteiger partial charge in [-0.2, -0.15) is 0 Å². The van der Waals surface area contributed by atoms with Crippen LogP contribution in [0.15, 0.2) is 60.8 Å². The van der Waals surface area contributed by atoms with Gasteiger partial charge in [-0.3, -0.25) is 4.79 Å². The molecule has 5 heteroatoms. The number of anilines is 1. The maximum absolute atomic E-state index is 13.0. The van der Waals surface area contributed by atoms with Crippen molar-refractivity contribution in [2.45, 2.75) is 13.0 Å². The molecule has 1 atom stereocenters. The first-order valence-corrected chi connectivity index (χ1v) is 9.00. The molecule has 1 unspecified atom stereocenters. The van der Waals surface area contributed by atoms with Gasteiger partial charge in [0.1, 0.15) is 12.4 Å². The maximum atomic E-state index is 13.0. The molecule has 2 aromatic carbocycles. The number of carbonyl (C=O) groups is 1. The van der Waals surface area contributed by atoms with E-state index in [1.165, 1.54) is 12.1 Å². The number of nitrogens with one attached hydrogen (secondary N) is 1. The predicted molar refractivity (Wildman–Crippen MR) is 102 cm³/mol. The molecule has 2 heterocycles. The molecule has 0 aliphatic carbocycles. The van der Waals surface area contributed by atoms with Crippen LogP contribution in [0.5, 0.6) is 0 Å². The Labute approximate surface area is 152 Å². The lowest BCUT2D eigenvalue weighted by Crippen LogP contribution is -2.33. The summed E-state index contributed by atoms with van der Waals surface area (Å²) in [6.07, 6.45) is 2.99. The molecule has 26 heavy (non-hydrogen) atoms. The number of aromatic nitrogens is 1. The number of halogens is 1. The Morgan fingerprint density at radius 1 is 1.12 bits per heavy atom. The molecule has 0 bridgehead atoms. The summed E-state index contributed by atoms with van der Waals surface area (Å²) in [4.78, 5) is 14.6. The van der Waals surface area contributed by atoms with Crippen molar-refractivity contribution in [3.8, 4) is 0 Å². The van der Waals surface area contributed by atoms with Gasteiger partial charge in [0.25, 0.3) is 0 Å². The van der Waals surface area contributed by atoms with E-state index in [1.54, 1.807) is 0 Å². The standard InChI is InChI=1S/C21H22FN3O/c22-18-5-7-19(8-6-18)24-11-9-16(14-24)13-23-21(26)15-25-12-10-17-3-1-2-4-20(17)25/h1-8,10,12,16H,9,11,13-15H2,(H,23,26). The van der Waals surface area contributed by atoms with Gasteiger partial charge in [0.2, 0.25) is 5.91 Å². The summed E-state index contributed by atoms with van der Waals surface area (Å²) >= 11 is 0. The Hall–Kier alpha value is -2.82. The zero-order valence-electron chi connectivity index (χ0n) is 14.6. The minimum absolute atomic E-state index is 0.0339. The molecule has 1 fully saturated rings. The van der Waals surface area contributed by atoms with Gasteiger partial charge in [-0.1, -0.05) is 18.2 Å². The topological polar surface area (TPSA) is 37.3 Å². The van der Waals surface area contributed by atoms with Crippen LogP contribution in [0.1, 0.15) is 6.42 Å². The van der Waals surface area contributed by atoms with Crippen molar-refractivity contribution in [3.63, 3.8) is 0 Å². The molecule has 1 saturated heterocycles. The summed E-state index contributed by atoms with van der Waals surface area (Å²) in [6, 6.07) is 16.7. The van der Waals surface area contributed by atoms with Gasteiger partial charge in [0.05, 0.1) is 0 Å². The van der Waals surface area contributed by atoms with E-state index in [2.05, 4.69) is 10.2 Å². The van der Waals surface area contributed by atoms with Crippen LogP contribution in [0, 0.1) is 11.7 Å². The Morgan fingerprint density at radius 3 is 2.77 bits per heavy atom. The molecular formula is C21H22FN3O. The molecular weight excluding hydrogens is 329 g/mol. The number of carbonyl (C=O) groups excluding carboxylic acids is 1. The highest BCUT2D eigenvalue weighted by Crippen LogP contribution is 2.23. The van der Waals surface area contributed by atoms with E-state index in [1.807, 2.05) is 53.2 Å². The minimum atomic E-state index is -0.214. The summed E-state index contributed by atoms with van der Waals surface area (Å²) in [5.74, 6) is 0.242. The molecule has 4 nitrogen and oxygen atoms in total. The second-order valence-electron chi connectivity index (χ2n) is 6.88. The van der Waals surface area contributed by atoms with Crippen LogP contribution in [-0.4, -0.2) is 30.1 Å². The van der Waals surface area contributed by atoms with E-state index in [9.17, 15) is 9.18 Å². The summed E-state index contributed by atoms with van der Waals surface area (Å²) in [7, 11) is 0. The fraction of sp³-hybridized carbons (Fsp3) is 0.286. The average Bonchev–Trinajstić information content (AvgIpc) is 3.28. The van der Waals surface area contributed by atoms with Crippen LogP contribution < -0.4 is 10.2 Å². The normalized spacial score (nSPS) is 17.0. The minimum Gasteiger partial charge on any atom is -0.371 e. The number of hydrogen-bond donors (Lipinski definition) is 1. The van der Waals surface area contributed by atoms with Crippen LogP contribution in [0.2, 0.25) is 0 Å². The van der Waals surface area contributed by atoms with Gasteiger partial charge in [-0.25, -0.2) is 4.39 Å². The van der Waals surface area contributed by atoms with E-state index < -0.39 is 0 Å². The van der Waals surface area contributed by atoms with Gasteiger partial charge in [0.15, 0.2) is 0 Å². The lowest BCUT2D eigenvalue weighted by Gasteiger charge is -2.19. The van der Waals surface area contributed by atoms with Crippen molar-refractivity contribution >= 4 is 22.5 Å². The Kier molecular flexibility index (Phi) is 4.61. The Bertz CT molecular complexity index is 903. The number of hydrogen-bond acceptors (Lipinski definition) is 2. The van der Waals surface area contributed by atoms with Gasteiger partial charge in [-0.05, 0) is 54.1 Å². The highest BCUT2D eigenvalue weighted by molar-refractivity contribution is 5.83. The Morgan fingerprint density at radius 2 is 1.92 bits per heavy atom. The van der Waals surface area contributed by atoms with Crippen LogP contribution in [0.25, 0.3) is 10.9 Å². The highest BCUT2D eigenvalue weighted by Gasteiger charge is 2.23. The van der Waals surface area contributed by atoms with Crippen molar-refractivity contribution < 1.29 is 9.18 Å². The van der Waals surface area contributed by atoms with E-state index in [0.717, 1.165) is 36.1 Å². The first-order valence-electron chi connectivity index (χ1n) is 9.00. The second kappa shape index (κ2) is 7.20. The zero-order chi connectivity index (χ0) is 17.9. The third-order valence-corrected chi connectivity index (χ3v) is 5.06. The van der Waals surface area contributed by atoms with E-state index in [4.69, 9.17) is 0 Å². The van der Waals surface area contributed by atoms with Gasteiger partial charge < -0.3 is 14.8 Å². The van der Waals surface area contributed by atoms with E-state index in [0.29, 0.717) is 19.0 Å². The van der Waals surface area contributed by atoms with Crippen molar-refractivity contribution in [3.05, 3.63) is 66.6 Å². The molecule has 1 aliphatic heterocycles. The second-order valence-corrected chi connectivity index (χ2v) is 6.88. The van der Waals surface area contributed by atoms with Crippen molar-refractivity contribution in [1.82, 2.24) is 9.88 Å². The predicted octanol–water partition coefficient (Wildman–Crippen LogP) is 3.42. The quantitative estimate of drug-likeness (QED) is 0.765. The van der Waals surface area contributed by atoms with Crippen LogP contribution in [0.4, 0.5) is 10.1 Å². The number of rotatable bonds is 5. The molecule has 4 rings (SSSR count). The largest absolute Gasteiger partial charge is 0.371 e. The number of para-hydroxylation sites is 1. The third-order valence-electron chi connectivity index (χ3n) is 5.06. The molecule has 1 aromatic heterocycles. The first kappa shape index (κ1) is 16.6. The SMILES string of the molecule is O=C(Cn1ccc2ccccc21)NCC1CCN(c2ccc(F)cc2)C1. The molecule has 3 aromatic rings. The maximum Gasteiger partial charge on any atom is 0.239 e. The number of amides is 1. The molecule has 1 amide bonds. The zero-order valence-corrected chi connectivity index (χ0v) is 14.6. The van der Waals surface area contributed by atoms with Gasteiger partial charge >= 0.3 is 0 Å². The highest BCUT2D eigenvalue weighted by atomic mass is 19.1. The lowest BCUT2D eigenvalue weighted by atomic mass is 10.1. The average molecular weight is 351 g/mol. The molecule has 0 radical (unpaired) electrons. The fourth-order valence-electron chi connectivity index (χ4n) is 3.63. The summed E-state index contributed by atoms with van der Waals surface area (Å²) in [5.41, 5.74) is 2.12. The first-order chi connectivity index (χ1) is 12.7. The van der Waals surface area contributed by atoms with Crippen LogP contribution in [-0.2, 0) is 11.3 Å². The smallest absolute Gasteiger partial charge is 0.239 e. The van der Waals surface area contributed by atoms with Gasteiger partial charge in [-0.15, -0.1) is 0 Å². The molecule has 1 aliphatic rings. The van der Waals surface area contributed by atoms with Crippen molar-refractivity contribution in [2.75, 3.05) is 24.5 Å². The summed E-state index contributed by atoms with van der Waals surface area (Å²) < 4.78 is 15.0. The number of fused-ring (bicyclic) bond motifs is 1. The molecule has 1 N–H and O–H groups in total. The van der Waals surface area contributed by atoms with E-state index in [-0.39, 0.29) is 11.7 Å². The molecule has 134 valence electrons. The summed E-state index contributed by atoms with van der Waals surface area (Å²) in [6.45, 7) is 2.84. The summed E-state index contributed by atoms with van der Waals surface area (Å²) in [5, 5.41) is 4.21. The lowest BCUT2D eigenvalue weighted by molar-refractivity contribution is -0.121. The van der Waals surface area contributed by atoms with Gasteiger partial charge in [0, 0.05) is 37.0 Å². The fourth-order valence-corrected chi connectivity index (χ4v) is 3.63. The van der Waals surface area contributed by atoms with Crippen molar-refractivity contribution in [2.24, 2.45) is 5.92 Å². The monoisotopic (exact) mass is 351 g/mol. The van der Waals surface area contributed by atoms with E-state index >= 15 is 0 Å². The number of benzene rings is 2. The molecule has 0 saturated carbocycles. The van der Waals surface area contributed by atoms with Crippen molar-refractivity contribution in [1.29, 1.82) is 0 Å².